The molecule has 0 atom stereocenters. The lowest BCUT2D eigenvalue weighted by molar-refractivity contribution is 0.103. The highest BCUT2D eigenvalue weighted by molar-refractivity contribution is 6.16. The number of fused-ring (bicyclic) bond motifs is 1. The third kappa shape index (κ3) is 3.98. The van der Waals surface area contributed by atoms with E-state index in [2.05, 4.69) is 17.6 Å². The van der Waals surface area contributed by atoms with Gasteiger partial charge in [0.25, 0.3) is 0 Å². The number of ketones is 1. The van der Waals surface area contributed by atoms with Crippen molar-refractivity contribution in [2.45, 2.75) is 45.6 Å². The first kappa shape index (κ1) is 18.2. The van der Waals surface area contributed by atoms with Gasteiger partial charge in [-0.3, -0.25) is 4.79 Å². The summed E-state index contributed by atoms with van der Waals surface area (Å²) in [6, 6.07) is 15.5. The zero-order valence-corrected chi connectivity index (χ0v) is 15.7. The van der Waals surface area contributed by atoms with Gasteiger partial charge >= 0.3 is 0 Å². The molecule has 0 bridgehead atoms. The molecule has 0 fully saturated rings. The van der Waals surface area contributed by atoms with Crippen LogP contribution in [-0.4, -0.2) is 17.5 Å². The Hall–Kier alpha value is -2.55. The summed E-state index contributed by atoms with van der Waals surface area (Å²) in [5, 5.41) is 1.02. The summed E-state index contributed by atoms with van der Waals surface area (Å²) in [6.07, 6.45) is 8.24. The highest BCUT2D eigenvalue weighted by Crippen LogP contribution is 2.25. The zero-order chi connectivity index (χ0) is 18.4. The lowest BCUT2D eigenvalue weighted by atomic mass is 10.0. The molecule has 1 aromatic heterocycles. The predicted molar refractivity (Wildman–Crippen MR) is 107 cm³/mol. The fourth-order valence-corrected chi connectivity index (χ4v) is 3.42. The maximum atomic E-state index is 13.1. The lowest BCUT2D eigenvalue weighted by Crippen LogP contribution is -2.01. The standard InChI is InChI=1S/C23H27NO2/c1-3-4-5-6-9-15-24-17-21(20-13-7-8-14-22(20)24)23(25)18-11-10-12-19(16-18)26-2/h7-8,10-14,16-17H,3-6,9,15H2,1-2H3. The number of rotatable bonds is 9. The monoisotopic (exact) mass is 349 g/mol. The van der Waals surface area contributed by atoms with Crippen LogP contribution < -0.4 is 4.74 Å². The van der Waals surface area contributed by atoms with Crippen molar-refractivity contribution in [2.75, 3.05) is 7.11 Å². The van der Waals surface area contributed by atoms with Crippen LogP contribution in [0.5, 0.6) is 5.75 Å². The van der Waals surface area contributed by atoms with Crippen LogP contribution in [0.1, 0.15) is 54.9 Å². The molecule has 0 saturated heterocycles. The molecule has 3 heteroatoms. The first-order valence-corrected chi connectivity index (χ1v) is 9.51. The van der Waals surface area contributed by atoms with E-state index in [0.717, 1.165) is 29.4 Å². The number of benzene rings is 2. The zero-order valence-electron chi connectivity index (χ0n) is 15.7. The van der Waals surface area contributed by atoms with E-state index in [0.29, 0.717) is 11.3 Å². The third-order valence-electron chi connectivity index (χ3n) is 4.87. The normalized spacial score (nSPS) is 11.0. The van der Waals surface area contributed by atoms with Crippen molar-refractivity contribution in [1.82, 2.24) is 4.57 Å². The molecule has 0 aliphatic carbocycles. The molecule has 0 amide bonds. The molecule has 2 aromatic carbocycles. The van der Waals surface area contributed by atoms with Crippen molar-refractivity contribution >= 4 is 16.7 Å². The Balaban J connectivity index is 1.87. The fraction of sp³-hybridized carbons (Fsp3) is 0.348. The van der Waals surface area contributed by atoms with E-state index in [1.54, 1.807) is 13.2 Å². The summed E-state index contributed by atoms with van der Waals surface area (Å²) < 4.78 is 7.49. The number of methoxy groups -OCH3 is 1. The first-order valence-electron chi connectivity index (χ1n) is 9.51. The first-order chi connectivity index (χ1) is 12.7. The van der Waals surface area contributed by atoms with Crippen LogP contribution >= 0.6 is 0 Å². The smallest absolute Gasteiger partial charge is 0.195 e. The molecule has 3 nitrogen and oxygen atoms in total. The molecule has 3 aromatic rings. The highest BCUT2D eigenvalue weighted by atomic mass is 16.5. The van der Waals surface area contributed by atoms with E-state index >= 15 is 0 Å². The number of para-hydroxylation sites is 1. The summed E-state index contributed by atoms with van der Waals surface area (Å²) in [5.74, 6) is 0.750. The van der Waals surface area contributed by atoms with Crippen molar-refractivity contribution in [3.63, 3.8) is 0 Å². The number of hydrogen-bond donors (Lipinski definition) is 0. The average molecular weight is 349 g/mol. The summed E-state index contributed by atoms with van der Waals surface area (Å²) in [6.45, 7) is 3.19. The minimum atomic E-state index is 0.0461. The maximum Gasteiger partial charge on any atom is 0.195 e. The van der Waals surface area contributed by atoms with Gasteiger partial charge in [0, 0.05) is 34.8 Å². The van der Waals surface area contributed by atoms with Crippen molar-refractivity contribution in [3.8, 4) is 5.75 Å². The van der Waals surface area contributed by atoms with Crippen molar-refractivity contribution < 1.29 is 9.53 Å². The quantitative estimate of drug-likeness (QED) is 0.358. The Morgan fingerprint density at radius 3 is 2.62 bits per heavy atom. The molecule has 0 unspecified atom stereocenters. The van der Waals surface area contributed by atoms with E-state index < -0.39 is 0 Å². The fourth-order valence-electron chi connectivity index (χ4n) is 3.42. The summed E-state index contributed by atoms with van der Waals surface area (Å²) in [7, 11) is 1.62. The number of unbranched alkanes of at least 4 members (excludes halogenated alkanes) is 4. The van der Waals surface area contributed by atoms with E-state index in [1.165, 1.54) is 25.7 Å². The number of carbonyl (C=O) groups is 1. The van der Waals surface area contributed by atoms with E-state index in [4.69, 9.17) is 4.74 Å². The Morgan fingerprint density at radius 1 is 1.00 bits per heavy atom. The molecule has 1 heterocycles. The van der Waals surface area contributed by atoms with Crippen LogP contribution in [0.4, 0.5) is 0 Å². The second-order valence-corrected chi connectivity index (χ2v) is 6.73. The average Bonchev–Trinajstić information content (AvgIpc) is 3.06. The van der Waals surface area contributed by atoms with Crippen LogP contribution in [0.25, 0.3) is 10.9 Å². The molecule has 0 N–H and O–H groups in total. The second-order valence-electron chi connectivity index (χ2n) is 6.73. The molecule has 26 heavy (non-hydrogen) atoms. The SMILES string of the molecule is CCCCCCCn1cc(C(=O)c2cccc(OC)c2)c2ccccc21. The Morgan fingerprint density at radius 2 is 1.81 bits per heavy atom. The van der Waals surface area contributed by atoms with E-state index in [1.807, 2.05) is 42.6 Å². The molecule has 3 rings (SSSR count). The van der Waals surface area contributed by atoms with Gasteiger partial charge in [-0.1, -0.05) is 62.9 Å². The highest BCUT2D eigenvalue weighted by Gasteiger charge is 2.17. The number of nitrogens with zero attached hydrogens (tertiary/aromatic N) is 1. The largest absolute Gasteiger partial charge is 0.497 e. The topological polar surface area (TPSA) is 31.2 Å². The Kier molecular flexibility index (Phi) is 6.11. The number of aryl methyl sites for hydroxylation is 1. The van der Waals surface area contributed by atoms with Crippen LogP contribution in [-0.2, 0) is 6.54 Å². The van der Waals surface area contributed by atoms with Gasteiger partial charge in [0.2, 0.25) is 0 Å². The summed E-state index contributed by atoms with van der Waals surface area (Å²) in [4.78, 5) is 13.1. The van der Waals surface area contributed by atoms with Crippen LogP contribution in [0.2, 0.25) is 0 Å². The number of ether oxygens (including phenoxy) is 1. The van der Waals surface area contributed by atoms with E-state index in [9.17, 15) is 4.79 Å². The predicted octanol–water partition coefficient (Wildman–Crippen LogP) is 5.85. The molecular formula is C23H27NO2. The minimum Gasteiger partial charge on any atom is -0.497 e. The number of hydrogen-bond acceptors (Lipinski definition) is 2. The van der Waals surface area contributed by atoms with Crippen molar-refractivity contribution in [1.29, 1.82) is 0 Å². The summed E-state index contributed by atoms with van der Waals surface area (Å²) in [5.41, 5.74) is 2.56. The van der Waals surface area contributed by atoms with Crippen molar-refractivity contribution in [2.24, 2.45) is 0 Å². The molecule has 0 radical (unpaired) electrons. The second kappa shape index (κ2) is 8.70. The molecule has 0 aliphatic rings. The number of carbonyl (C=O) groups excluding carboxylic acids is 1. The molecule has 0 saturated carbocycles. The molecule has 136 valence electrons. The minimum absolute atomic E-state index is 0.0461. The van der Waals surface area contributed by atoms with Gasteiger partial charge in [-0.2, -0.15) is 0 Å². The third-order valence-corrected chi connectivity index (χ3v) is 4.87. The van der Waals surface area contributed by atoms with Gasteiger partial charge in [-0.25, -0.2) is 0 Å². The van der Waals surface area contributed by atoms with Gasteiger partial charge < -0.3 is 9.30 Å². The summed E-state index contributed by atoms with van der Waals surface area (Å²) >= 11 is 0. The molecular weight excluding hydrogens is 322 g/mol. The van der Waals surface area contributed by atoms with Crippen molar-refractivity contribution in [3.05, 3.63) is 65.9 Å². The van der Waals surface area contributed by atoms with Gasteiger partial charge in [0.05, 0.1) is 7.11 Å². The number of aromatic nitrogens is 1. The van der Waals surface area contributed by atoms with Crippen LogP contribution in [0.3, 0.4) is 0 Å². The van der Waals surface area contributed by atoms with Gasteiger partial charge in [0.1, 0.15) is 5.75 Å². The maximum absolute atomic E-state index is 13.1. The van der Waals surface area contributed by atoms with E-state index in [-0.39, 0.29) is 5.78 Å². The van der Waals surface area contributed by atoms with Gasteiger partial charge in [0.15, 0.2) is 5.78 Å². The Labute approximate surface area is 155 Å². The molecule has 0 spiro atoms. The van der Waals surface area contributed by atoms with Crippen LogP contribution in [0, 0.1) is 0 Å². The van der Waals surface area contributed by atoms with Gasteiger partial charge in [-0.15, -0.1) is 0 Å². The molecule has 0 aliphatic heterocycles. The Bertz CT molecular complexity index is 879. The van der Waals surface area contributed by atoms with Crippen LogP contribution in [0.15, 0.2) is 54.7 Å². The lowest BCUT2D eigenvalue weighted by Gasteiger charge is -2.05. The van der Waals surface area contributed by atoms with Gasteiger partial charge in [-0.05, 0) is 24.6 Å².